The summed E-state index contributed by atoms with van der Waals surface area (Å²) in [5.41, 5.74) is 21.8. The largest absolute Gasteiger partial charge is 0.492 e. The lowest BCUT2D eigenvalue weighted by atomic mass is 9.93. The van der Waals surface area contributed by atoms with Crippen LogP contribution in [0.4, 0.5) is 0 Å². The van der Waals surface area contributed by atoms with E-state index in [2.05, 4.69) is 22.9 Å². The summed E-state index contributed by atoms with van der Waals surface area (Å²) in [6, 6.07) is 10.9. The monoisotopic (exact) mass is 843 g/mol. The first-order valence-electron chi connectivity index (χ1n) is 21.5. The molecule has 3 aromatic carbocycles. The zero-order chi connectivity index (χ0) is 44.5. The molecule has 61 heavy (non-hydrogen) atoms. The van der Waals surface area contributed by atoms with Crippen molar-refractivity contribution in [1.82, 2.24) is 20.9 Å². The molecule has 15 nitrogen and oxygen atoms in total. The van der Waals surface area contributed by atoms with E-state index in [1.54, 1.807) is 42.5 Å². The Labute approximate surface area is 359 Å². The maximum atomic E-state index is 14.6. The Morgan fingerprint density at radius 1 is 0.836 bits per heavy atom. The summed E-state index contributed by atoms with van der Waals surface area (Å²) in [4.78, 5) is 70.0. The third kappa shape index (κ3) is 13.5. The molecule has 4 amide bonds. The average molecular weight is 844 g/mol. The van der Waals surface area contributed by atoms with Crippen LogP contribution in [0.3, 0.4) is 0 Å². The van der Waals surface area contributed by atoms with Crippen molar-refractivity contribution in [2.24, 2.45) is 17.2 Å². The number of nitrogens with one attached hydrogen (secondary N) is 3. The fourth-order valence-electron chi connectivity index (χ4n) is 7.51. The summed E-state index contributed by atoms with van der Waals surface area (Å²) in [6.07, 6.45) is 8.54. The van der Waals surface area contributed by atoms with Crippen molar-refractivity contribution >= 4 is 29.6 Å². The van der Waals surface area contributed by atoms with Crippen molar-refractivity contribution in [3.8, 4) is 22.6 Å². The maximum Gasteiger partial charge on any atom is 0.326 e. The van der Waals surface area contributed by atoms with Crippen molar-refractivity contribution in [3.05, 3.63) is 82.4 Å². The number of amides is 4. The number of hydrogen-bond acceptors (Lipinski definition) is 10. The molecule has 0 aromatic heterocycles. The molecule has 332 valence electrons. The van der Waals surface area contributed by atoms with E-state index in [9.17, 15) is 29.1 Å². The number of carboxylic acids is 1. The maximum absolute atomic E-state index is 14.6. The Balaban J connectivity index is 1.76. The Bertz CT molecular complexity index is 1970. The summed E-state index contributed by atoms with van der Waals surface area (Å²) < 4.78 is 12.1. The molecule has 4 atom stereocenters. The van der Waals surface area contributed by atoms with Gasteiger partial charge in [-0.3, -0.25) is 19.2 Å². The second-order valence-electron chi connectivity index (χ2n) is 15.7. The molecule has 0 aliphatic carbocycles. The molecular weight excluding hydrogens is 779 g/mol. The van der Waals surface area contributed by atoms with Crippen LogP contribution in [-0.2, 0) is 32.0 Å². The number of carboxylic acid groups (broad SMARTS) is 1. The van der Waals surface area contributed by atoms with Crippen LogP contribution in [0.1, 0.15) is 104 Å². The van der Waals surface area contributed by atoms with Gasteiger partial charge in [-0.1, -0.05) is 63.3 Å². The number of carbonyl (C=O) groups excluding carboxylic acids is 4. The van der Waals surface area contributed by atoms with E-state index in [-0.39, 0.29) is 45.7 Å². The van der Waals surface area contributed by atoms with Crippen molar-refractivity contribution in [2.45, 2.75) is 109 Å². The quantitative estimate of drug-likeness (QED) is 0.0759. The zero-order valence-electron chi connectivity index (χ0n) is 36.1. The Kier molecular flexibility index (Phi) is 19.0. The van der Waals surface area contributed by atoms with Gasteiger partial charge in [-0.25, -0.2) is 4.79 Å². The third-order valence-corrected chi connectivity index (χ3v) is 10.8. The number of carbonyl (C=O) groups is 5. The molecular formula is C46H65N7O8. The minimum Gasteiger partial charge on any atom is -0.492 e. The van der Waals surface area contributed by atoms with Gasteiger partial charge < -0.3 is 52.6 Å². The van der Waals surface area contributed by atoms with Crippen molar-refractivity contribution in [1.29, 1.82) is 0 Å². The van der Waals surface area contributed by atoms with Gasteiger partial charge in [0.2, 0.25) is 17.7 Å². The average Bonchev–Trinajstić information content (AvgIpc) is 3.24. The van der Waals surface area contributed by atoms with Crippen LogP contribution in [0.15, 0.2) is 54.6 Å². The lowest BCUT2D eigenvalue weighted by molar-refractivity contribution is -0.143. The van der Waals surface area contributed by atoms with Crippen LogP contribution < -0.4 is 42.6 Å². The smallest absolute Gasteiger partial charge is 0.326 e. The number of aryl methyl sites for hydroxylation is 2. The number of rotatable bonds is 21. The van der Waals surface area contributed by atoms with Crippen LogP contribution in [0.25, 0.3) is 11.1 Å². The van der Waals surface area contributed by atoms with E-state index in [0.717, 1.165) is 30.4 Å². The zero-order valence-corrected chi connectivity index (χ0v) is 36.1. The number of nitrogens with two attached hydrogens (primary N) is 3. The lowest BCUT2D eigenvalue weighted by Gasteiger charge is -2.32. The molecule has 4 unspecified atom stereocenters. The summed E-state index contributed by atoms with van der Waals surface area (Å²) in [5, 5.41) is 18.3. The van der Waals surface area contributed by atoms with Gasteiger partial charge in [-0.15, -0.1) is 0 Å². The summed E-state index contributed by atoms with van der Waals surface area (Å²) in [7, 11) is 1.46. The predicted molar refractivity (Wildman–Crippen MR) is 235 cm³/mol. The number of benzene rings is 3. The molecule has 0 spiro atoms. The molecule has 0 saturated heterocycles. The van der Waals surface area contributed by atoms with Gasteiger partial charge in [0, 0.05) is 43.2 Å². The fraction of sp³-hybridized carbons (Fsp3) is 0.500. The van der Waals surface area contributed by atoms with E-state index in [1.165, 1.54) is 44.6 Å². The highest BCUT2D eigenvalue weighted by Gasteiger charge is 2.36. The topological polar surface area (TPSA) is 241 Å². The first-order valence-corrected chi connectivity index (χ1v) is 21.5. The van der Waals surface area contributed by atoms with Gasteiger partial charge in [0.05, 0.1) is 0 Å². The highest BCUT2D eigenvalue weighted by atomic mass is 16.5. The molecule has 1 aliphatic heterocycles. The van der Waals surface area contributed by atoms with Crippen molar-refractivity contribution < 1.29 is 38.6 Å². The Morgan fingerprint density at radius 2 is 1.49 bits per heavy atom. The molecule has 3 aromatic rings. The van der Waals surface area contributed by atoms with Crippen LogP contribution in [0.2, 0.25) is 0 Å². The van der Waals surface area contributed by atoms with Gasteiger partial charge >= 0.3 is 5.97 Å². The van der Waals surface area contributed by atoms with Gasteiger partial charge in [-0.2, -0.15) is 0 Å². The van der Waals surface area contributed by atoms with E-state index in [0.29, 0.717) is 45.7 Å². The summed E-state index contributed by atoms with van der Waals surface area (Å²) in [5.74, 6) is -2.94. The Morgan fingerprint density at radius 3 is 2.13 bits per heavy atom. The van der Waals surface area contributed by atoms with Crippen LogP contribution in [0, 0.1) is 6.92 Å². The number of unbranched alkanes of at least 4 members (excludes halogenated alkanes) is 5. The first-order chi connectivity index (χ1) is 29.3. The normalized spacial score (nSPS) is 17.0. The van der Waals surface area contributed by atoms with E-state index >= 15 is 0 Å². The number of likely N-dealkylation sites (N-methyl/N-ethyl adjacent to an activating group) is 1. The van der Waals surface area contributed by atoms with Crippen LogP contribution in [-0.4, -0.2) is 97.6 Å². The fourth-order valence-corrected chi connectivity index (χ4v) is 7.51. The van der Waals surface area contributed by atoms with Gasteiger partial charge in [0.15, 0.2) is 0 Å². The van der Waals surface area contributed by atoms with Crippen LogP contribution >= 0.6 is 0 Å². The highest BCUT2D eigenvalue weighted by Crippen LogP contribution is 2.40. The second kappa shape index (κ2) is 24.1. The van der Waals surface area contributed by atoms with Crippen molar-refractivity contribution in [2.75, 3.05) is 39.9 Å². The first kappa shape index (κ1) is 48.2. The minimum atomic E-state index is -1.35. The van der Waals surface area contributed by atoms with E-state index in [1.807, 2.05) is 19.1 Å². The summed E-state index contributed by atoms with van der Waals surface area (Å²) in [6.45, 7) is 6.49. The Hall–Kier alpha value is -5.51. The molecule has 15 heteroatoms. The predicted octanol–water partition coefficient (Wildman–Crippen LogP) is 3.91. The molecule has 0 fully saturated rings. The molecule has 1 heterocycles. The van der Waals surface area contributed by atoms with Crippen LogP contribution in [0.5, 0.6) is 11.5 Å². The molecule has 0 radical (unpaired) electrons. The molecule has 1 aliphatic rings. The number of aliphatic carboxylic acids is 1. The van der Waals surface area contributed by atoms with Crippen molar-refractivity contribution in [3.63, 3.8) is 0 Å². The SMILES string of the molecule is CCCCCCCCc1ccc(C(=O)NC(CCCN)C(=O)N(C)C2C(=O)NC(C)C(=O)NC(C(=O)O)Cc3ccc(OCCN)c(c3)-c3cc2ccc3OCCN)c(C)c1. The van der Waals surface area contributed by atoms with Gasteiger partial charge in [-0.05, 0) is 98.7 Å². The molecule has 4 bridgehead atoms. The lowest BCUT2D eigenvalue weighted by Crippen LogP contribution is -2.54. The van der Waals surface area contributed by atoms with E-state index < -0.39 is 53.8 Å². The standard InChI is InChI=1S/C46H65N7O8/c1-5-6-7-8-9-10-12-31-14-17-34(29(2)25-31)43(55)51-37(13-11-20-47)45(57)53(4)41-33-16-19-40(61-24-22-49)36(28-33)35-26-32(15-18-39(35)60-23-21-48)27-38(46(58)59)52-42(54)30(3)50-44(41)56/h14-19,25-26,28,30,37-38,41H,5-13,20-24,27,47-49H2,1-4H3,(H,50,56)(H,51,55)(H,52,54)(H,58,59). The number of ether oxygens (including phenoxy) is 2. The third-order valence-electron chi connectivity index (χ3n) is 10.8. The van der Waals surface area contributed by atoms with Gasteiger partial charge in [0.25, 0.3) is 5.91 Å². The highest BCUT2D eigenvalue weighted by molar-refractivity contribution is 6.00. The number of hydrogen-bond donors (Lipinski definition) is 7. The molecule has 4 rings (SSSR count). The number of nitrogens with zero attached hydrogens (tertiary/aromatic N) is 1. The summed E-state index contributed by atoms with van der Waals surface area (Å²) >= 11 is 0. The second-order valence-corrected chi connectivity index (χ2v) is 15.7. The van der Waals surface area contributed by atoms with E-state index in [4.69, 9.17) is 26.7 Å². The number of fused-ring (bicyclic) bond motifs is 5. The van der Waals surface area contributed by atoms with Gasteiger partial charge in [0.1, 0.15) is 48.9 Å². The molecule has 0 saturated carbocycles. The molecule has 10 N–H and O–H groups in total. The minimum absolute atomic E-state index is 0.0801.